The number of aromatic carboxylic acids is 1. The van der Waals surface area contributed by atoms with Crippen LogP contribution < -0.4 is 5.73 Å². The summed E-state index contributed by atoms with van der Waals surface area (Å²) in [7, 11) is 1.53. The Balaban J connectivity index is 2.61. The van der Waals surface area contributed by atoms with E-state index in [-0.39, 0.29) is 15.9 Å². The Hall–Kier alpha value is -2.15. The molecule has 2 rings (SSSR count). The van der Waals surface area contributed by atoms with Crippen molar-refractivity contribution in [1.29, 1.82) is 0 Å². The number of carboxylic acids is 1. The van der Waals surface area contributed by atoms with Crippen LogP contribution in [0, 0.1) is 0 Å². The summed E-state index contributed by atoms with van der Waals surface area (Å²) in [6.07, 6.45) is 0. The highest BCUT2D eigenvalue weighted by Gasteiger charge is 2.16. The van der Waals surface area contributed by atoms with Crippen molar-refractivity contribution in [2.45, 2.75) is 5.03 Å². The van der Waals surface area contributed by atoms with E-state index in [0.717, 1.165) is 11.8 Å². The highest BCUT2D eigenvalue weighted by Crippen LogP contribution is 2.22. The largest absolute Gasteiger partial charge is 0.476 e. The molecule has 1 aromatic carbocycles. The lowest BCUT2D eigenvalue weighted by molar-refractivity contribution is 0.0686. The van der Waals surface area contributed by atoms with Crippen molar-refractivity contribution in [3.63, 3.8) is 0 Å². The number of benzene rings is 1. The summed E-state index contributed by atoms with van der Waals surface area (Å²) in [5.74, 6) is -1.14. The first-order valence-corrected chi connectivity index (χ1v) is 5.83. The van der Waals surface area contributed by atoms with Gasteiger partial charge < -0.3 is 10.8 Å². The fourth-order valence-electron chi connectivity index (χ4n) is 1.34. The monoisotopic (exact) mass is 262 g/mol. The molecule has 92 valence electrons. The Morgan fingerprint density at radius 1 is 1.33 bits per heavy atom. The van der Waals surface area contributed by atoms with E-state index in [1.54, 1.807) is 18.2 Å². The van der Waals surface area contributed by atoms with Gasteiger partial charge in [-0.25, -0.2) is 14.8 Å². The molecule has 0 aliphatic carbocycles. The molecule has 2 aromatic rings. The maximum Gasteiger partial charge on any atom is 0.357 e. The summed E-state index contributed by atoms with van der Waals surface area (Å²) in [6.45, 7) is 0. The quantitative estimate of drug-likeness (QED) is 0.481. The second-order valence-corrected chi connectivity index (χ2v) is 4.34. The maximum absolute atomic E-state index is 11.1. The Labute approximate surface area is 107 Å². The number of carboxylic acid groups (broad SMARTS) is 1. The zero-order chi connectivity index (χ0) is 13.1. The maximum atomic E-state index is 11.1. The van der Waals surface area contributed by atoms with E-state index in [9.17, 15) is 4.79 Å². The Kier molecular flexibility index (Phi) is 3.42. The van der Waals surface area contributed by atoms with Crippen LogP contribution in [-0.2, 0) is 0 Å². The predicted molar refractivity (Wildman–Crippen MR) is 69.9 cm³/mol. The molecule has 0 atom stereocenters. The standard InChI is InChI=1S/C11H10N4O2S/c1-13-11(12)18-9-8(10(16)17)14-6-4-2-3-5-7(6)15-9/h2-5H,1H3,(H2,12,13)(H,16,17). The molecule has 0 bridgehead atoms. The topological polar surface area (TPSA) is 101 Å². The molecule has 0 aliphatic rings. The smallest absolute Gasteiger partial charge is 0.357 e. The zero-order valence-corrected chi connectivity index (χ0v) is 10.3. The fraction of sp³-hybridized carbons (Fsp3) is 0.0909. The van der Waals surface area contributed by atoms with Crippen LogP contribution in [0.3, 0.4) is 0 Å². The van der Waals surface area contributed by atoms with Gasteiger partial charge in [0.05, 0.1) is 11.0 Å². The lowest BCUT2D eigenvalue weighted by atomic mass is 10.3. The van der Waals surface area contributed by atoms with Gasteiger partial charge in [-0.1, -0.05) is 12.1 Å². The Morgan fingerprint density at radius 3 is 2.50 bits per heavy atom. The van der Waals surface area contributed by atoms with E-state index in [1.807, 2.05) is 6.07 Å². The number of nitrogens with two attached hydrogens (primary N) is 1. The number of hydrogen-bond acceptors (Lipinski definition) is 5. The van der Waals surface area contributed by atoms with Crippen LogP contribution in [0.2, 0.25) is 0 Å². The van der Waals surface area contributed by atoms with Crippen LogP contribution in [0.4, 0.5) is 0 Å². The molecule has 0 spiro atoms. The van der Waals surface area contributed by atoms with Crippen molar-refractivity contribution in [2.75, 3.05) is 7.05 Å². The number of rotatable bonds is 2. The molecule has 1 aromatic heterocycles. The molecular formula is C11H10N4O2S. The van der Waals surface area contributed by atoms with Gasteiger partial charge in [0, 0.05) is 7.05 Å². The molecule has 0 aliphatic heterocycles. The number of hydrogen-bond donors (Lipinski definition) is 2. The van der Waals surface area contributed by atoms with Gasteiger partial charge in [0.1, 0.15) is 5.03 Å². The van der Waals surface area contributed by atoms with Crippen LogP contribution in [0.1, 0.15) is 10.5 Å². The number of fused-ring (bicyclic) bond motifs is 1. The molecule has 0 amide bonds. The van der Waals surface area contributed by atoms with Crippen molar-refractivity contribution in [3.05, 3.63) is 30.0 Å². The summed E-state index contributed by atoms with van der Waals surface area (Å²) in [4.78, 5) is 23.2. The third-order valence-corrected chi connectivity index (χ3v) is 3.03. The third-order valence-electron chi connectivity index (χ3n) is 2.16. The Bertz CT molecular complexity index is 642. The van der Waals surface area contributed by atoms with E-state index in [0.29, 0.717) is 11.0 Å². The van der Waals surface area contributed by atoms with Gasteiger partial charge in [0.25, 0.3) is 0 Å². The molecule has 0 radical (unpaired) electrons. The highest BCUT2D eigenvalue weighted by molar-refractivity contribution is 8.13. The summed E-state index contributed by atoms with van der Waals surface area (Å²) in [5, 5.41) is 9.59. The number of amidine groups is 1. The van der Waals surface area contributed by atoms with E-state index < -0.39 is 5.97 Å². The van der Waals surface area contributed by atoms with Gasteiger partial charge in [-0.3, -0.25) is 4.99 Å². The minimum atomic E-state index is -1.14. The zero-order valence-electron chi connectivity index (χ0n) is 9.49. The summed E-state index contributed by atoms with van der Waals surface area (Å²) in [6, 6.07) is 7.05. The Morgan fingerprint density at radius 2 is 1.94 bits per heavy atom. The van der Waals surface area contributed by atoms with Crippen molar-refractivity contribution < 1.29 is 9.90 Å². The SMILES string of the molecule is CN=C(N)Sc1nc2ccccc2nc1C(=O)O. The van der Waals surface area contributed by atoms with Gasteiger partial charge in [-0.15, -0.1) is 0 Å². The summed E-state index contributed by atoms with van der Waals surface area (Å²) >= 11 is 0.987. The fourth-order valence-corrected chi connectivity index (χ4v) is 2.00. The van der Waals surface area contributed by atoms with E-state index in [4.69, 9.17) is 10.8 Å². The molecule has 0 saturated carbocycles. The second-order valence-electron chi connectivity index (χ2n) is 3.34. The molecule has 0 fully saturated rings. The first kappa shape index (κ1) is 12.3. The van der Waals surface area contributed by atoms with Crippen molar-refractivity contribution in [1.82, 2.24) is 9.97 Å². The van der Waals surface area contributed by atoms with Crippen LogP contribution in [0.15, 0.2) is 34.3 Å². The lowest BCUT2D eigenvalue weighted by Gasteiger charge is -2.05. The minimum absolute atomic E-state index is 0.120. The predicted octanol–water partition coefficient (Wildman–Crippen LogP) is 1.36. The molecule has 0 saturated heterocycles. The van der Waals surface area contributed by atoms with Gasteiger partial charge in [-0.05, 0) is 23.9 Å². The number of para-hydroxylation sites is 2. The number of thioether (sulfide) groups is 1. The van der Waals surface area contributed by atoms with Crippen molar-refractivity contribution >= 4 is 33.9 Å². The third kappa shape index (κ3) is 2.40. The van der Waals surface area contributed by atoms with E-state index in [2.05, 4.69) is 15.0 Å². The van der Waals surface area contributed by atoms with E-state index in [1.165, 1.54) is 7.05 Å². The first-order valence-electron chi connectivity index (χ1n) is 5.02. The number of nitrogens with zero attached hydrogens (tertiary/aromatic N) is 3. The molecule has 1 heterocycles. The average molecular weight is 262 g/mol. The number of aliphatic imine (C=N–C) groups is 1. The van der Waals surface area contributed by atoms with Crippen molar-refractivity contribution in [3.8, 4) is 0 Å². The molecule has 0 unspecified atom stereocenters. The molecule has 18 heavy (non-hydrogen) atoms. The molecule has 6 nitrogen and oxygen atoms in total. The minimum Gasteiger partial charge on any atom is -0.476 e. The van der Waals surface area contributed by atoms with Crippen LogP contribution in [-0.4, -0.2) is 33.3 Å². The lowest BCUT2D eigenvalue weighted by Crippen LogP contribution is -2.10. The normalized spacial score (nSPS) is 11.7. The van der Waals surface area contributed by atoms with E-state index >= 15 is 0 Å². The van der Waals surface area contributed by atoms with Crippen LogP contribution >= 0.6 is 11.8 Å². The second kappa shape index (κ2) is 5.01. The molecule has 3 N–H and O–H groups in total. The number of carbonyl (C=O) groups is 1. The van der Waals surface area contributed by atoms with Gasteiger partial charge in [0.2, 0.25) is 0 Å². The van der Waals surface area contributed by atoms with Gasteiger partial charge >= 0.3 is 5.97 Å². The average Bonchev–Trinajstić information content (AvgIpc) is 2.37. The van der Waals surface area contributed by atoms with Gasteiger partial charge in [0.15, 0.2) is 10.9 Å². The summed E-state index contributed by atoms with van der Waals surface area (Å²) in [5.41, 5.74) is 6.60. The van der Waals surface area contributed by atoms with Crippen molar-refractivity contribution in [2.24, 2.45) is 10.7 Å². The molecule has 7 heteroatoms. The van der Waals surface area contributed by atoms with Gasteiger partial charge in [-0.2, -0.15) is 0 Å². The van der Waals surface area contributed by atoms with Crippen LogP contribution in [0.25, 0.3) is 11.0 Å². The molecular weight excluding hydrogens is 252 g/mol. The summed E-state index contributed by atoms with van der Waals surface area (Å²) < 4.78 is 0. The van der Waals surface area contributed by atoms with Crippen LogP contribution in [0.5, 0.6) is 0 Å². The highest BCUT2D eigenvalue weighted by atomic mass is 32.2. The first-order chi connectivity index (χ1) is 8.61. The number of aromatic nitrogens is 2.